The van der Waals surface area contributed by atoms with Gasteiger partial charge in [0.15, 0.2) is 0 Å². The van der Waals surface area contributed by atoms with Gasteiger partial charge in [-0.05, 0) is 24.3 Å². The van der Waals surface area contributed by atoms with Crippen LogP contribution in [0.25, 0.3) is 0 Å². The van der Waals surface area contributed by atoms with E-state index in [4.69, 9.17) is 0 Å². The van der Waals surface area contributed by atoms with Gasteiger partial charge in [-0.3, -0.25) is 4.79 Å². The lowest BCUT2D eigenvalue weighted by Crippen LogP contribution is -2.47. The number of halogens is 2. The van der Waals surface area contributed by atoms with Crippen molar-refractivity contribution in [2.24, 2.45) is 0 Å². The summed E-state index contributed by atoms with van der Waals surface area (Å²) in [4.78, 5) is 12.2. The van der Waals surface area contributed by atoms with Gasteiger partial charge in [0.2, 0.25) is 5.92 Å². The molecule has 6 heteroatoms. The Bertz CT molecular complexity index is 410. The fourth-order valence-electron chi connectivity index (χ4n) is 2.00. The number of carbonyl (C=O) groups excluding carboxylic acids is 1. The standard InChI is InChI=1S/C12H15F2NO2S/c13-12(14)5-3-11(17,4-6-12)8-15-10(16)9-2-1-7-18-9/h1-2,7,17H,3-6,8H2,(H,15,16). The molecule has 100 valence electrons. The van der Waals surface area contributed by atoms with Gasteiger partial charge in [-0.2, -0.15) is 0 Å². The molecule has 1 aliphatic rings. The SMILES string of the molecule is O=C(NCC1(O)CCC(F)(F)CC1)c1cccs1. The average molecular weight is 275 g/mol. The van der Waals surface area contributed by atoms with Crippen LogP contribution in [0.3, 0.4) is 0 Å². The van der Waals surface area contributed by atoms with Gasteiger partial charge in [-0.1, -0.05) is 6.07 Å². The number of rotatable bonds is 3. The van der Waals surface area contributed by atoms with Gasteiger partial charge in [0.1, 0.15) is 0 Å². The Morgan fingerprint density at radius 3 is 2.61 bits per heavy atom. The summed E-state index contributed by atoms with van der Waals surface area (Å²) < 4.78 is 25.9. The van der Waals surface area contributed by atoms with E-state index in [1.54, 1.807) is 17.5 Å². The minimum absolute atomic E-state index is 0.0186. The number of aliphatic hydroxyl groups is 1. The van der Waals surface area contributed by atoms with Crippen molar-refractivity contribution in [3.05, 3.63) is 22.4 Å². The van der Waals surface area contributed by atoms with Crippen molar-refractivity contribution in [2.45, 2.75) is 37.2 Å². The highest BCUT2D eigenvalue weighted by atomic mass is 32.1. The van der Waals surface area contributed by atoms with Gasteiger partial charge in [-0.25, -0.2) is 8.78 Å². The van der Waals surface area contributed by atoms with E-state index < -0.39 is 11.5 Å². The third kappa shape index (κ3) is 3.26. The zero-order valence-corrected chi connectivity index (χ0v) is 10.6. The highest BCUT2D eigenvalue weighted by molar-refractivity contribution is 7.12. The lowest BCUT2D eigenvalue weighted by Gasteiger charge is -2.35. The Kier molecular flexibility index (Phi) is 3.68. The van der Waals surface area contributed by atoms with Crippen molar-refractivity contribution < 1.29 is 18.7 Å². The highest BCUT2D eigenvalue weighted by Crippen LogP contribution is 2.38. The number of amides is 1. The maximum absolute atomic E-state index is 13.0. The van der Waals surface area contributed by atoms with Crippen LogP contribution in [0, 0.1) is 0 Å². The largest absolute Gasteiger partial charge is 0.388 e. The Balaban J connectivity index is 1.85. The first-order valence-corrected chi connectivity index (χ1v) is 6.70. The third-order valence-corrected chi connectivity index (χ3v) is 4.10. The van der Waals surface area contributed by atoms with Gasteiger partial charge in [-0.15, -0.1) is 11.3 Å². The molecule has 1 aromatic heterocycles. The van der Waals surface area contributed by atoms with Crippen LogP contribution in [-0.4, -0.2) is 29.1 Å². The van der Waals surface area contributed by atoms with E-state index in [-0.39, 0.29) is 38.1 Å². The van der Waals surface area contributed by atoms with Crippen LogP contribution in [0.2, 0.25) is 0 Å². The summed E-state index contributed by atoms with van der Waals surface area (Å²) in [6, 6.07) is 3.44. The predicted octanol–water partition coefficient (Wildman–Crippen LogP) is 2.42. The van der Waals surface area contributed by atoms with Crippen molar-refractivity contribution in [3.8, 4) is 0 Å². The van der Waals surface area contributed by atoms with Gasteiger partial charge < -0.3 is 10.4 Å². The summed E-state index contributed by atoms with van der Waals surface area (Å²) in [6.07, 6.45) is -0.605. The molecule has 1 amide bonds. The second kappa shape index (κ2) is 4.93. The van der Waals surface area contributed by atoms with Crippen LogP contribution in [0.4, 0.5) is 8.78 Å². The van der Waals surface area contributed by atoms with Crippen molar-refractivity contribution in [1.29, 1.82) is 0 Å². The van der Waals surface area contributed by atoms with Gasteiger partial charge >= 0.3 is 0 Å². The molecule has 0 spiro atoms. The first kappa shape index (κ1) is 13.4. The van der Waals surface area contributed by atoms with Gasteiger partial charge in [0.05, 0.1) is 10.5 Å². The Morgan fingerprint density at radius 1 is 1.39 bits per heavy atom. The molecule has 0 atom stereocenters. The smallest absolute Gasteiger partial charge is 0.261 e. The molecule has 1 heterocycles. The van der Waals surface area contributed by atoms with E-state index in [0.717, 1.165) is 0 Å². The fraction of sp³-hybridized carbons (Fsp3) is 0.583. The van der Waals surface area contributed by atoms with Crippen LogP contribution >= 0.6 is 11.3 Å². The first-order valence-electron chi connectivity index (χ1n) is 5.82. The molecule has 1 fully saturated rings. The van der Waals surface area contributed by atoms with E-state index >= 15 is 0 Å². The van der Waals surface area contributed by atoms with Crippen molar-refractivity contribution in [2.75, 3.05) is 6.54 Å². The maximum Gasteiger partial charge on any atom is 0.261 e. The van der Waals surface area contributed by atoms with E-state index in [9.17, 15) is 18.7 Å². The van der Waals surface area contributed by atoms with Gasteiger partial charge in [0, 0.05) is 19.4 Å². The number of hydrogen-bond acceptors (Lipinski definition) is 3. The molecule has 1 aliphatic carbocycles. The quantitative estimate of drug-likeness (QED) is 0.890. The monoisotopic (exact) mass is 275 g/mol. The van der Waals surface area contributed by atoms with Crippen molar-refractivity contribution >= 4 is 17.2 Å². The van der Waals surface area contributed by atoms with Crippen LogP contribution in [0.15, 0.2) is 17.5 Å². The minimum Gasteiger partial charge on any atom is -0.388 e. The highest BCUT2D eigenvalue weighted by Gasteiger charge is 2.42. The second-order valence-corrected chi connectivity index (χ2v) is 5.69. The maximum atomic E-state index is 13.0. The van der Waals surface area contributed by atoms with E-state index in [1.807, 2.05) is 0 Å². The molecule has 2 rings (SSSR count). The molecule has 1 aromatic rings. The lowest BCUT2D eigenvalue weighted by atomic mass is 9.83. The fourth-order valence-corrected chi connectivity index (χ4v) is 2.64. The molecular formula is C12H15F2NO2S. The zero-order valence-electron chi connectivity index (χ0n) is 9.79. The molecule has 0 unspecified atom stereocenters. The summed E-state index contributed by atoms with van der Waals surface area (Å²) in [7, 11) is 0. The van der Waals surface area contributed by atoms with E-state index in [2.05, 4.69) is 5.32 Å². The zero-order chi connectivity index (χ0) is 13.2. The number of hydrogen-bond donors (Lipinski definition) is 2. The molecule has 0 aliphatic heterocycles. The lowest BCUT2D eigenvalue weighted by molar-refractivity contribution is -0.101. The molecule has 0 saturated heterocycles. The van der Waals surface area contributed by atoms with Crippen LogP contribution in [-0.2, 0) is 0 Å². The van der Waals surface area contributed by atoms with Crippen LogP contribution < -0.4 is 5.32 Å². The molecule has 3 nitrogen and oxygen atoms in total. The summed E-state index contributed by atoms with van der Waals surface area (Å²) in [5.74, 6) is -2.94. The molecule has 0 aromatic carbocycles. The number of carbonyl (C=O) groups is 1. The molecule has 2 N–H and O–H groups in total. The number of nitrogens with one attached hydrogen (secondary N) is 1. The summed E-state index contributed by atoms with van der Waals surface area (Å²) in [5.41, 5.74) is -1.20. The minimum atomic E-state index is -2.68. The van der Waals surface area contributed by atoms with Crippen LogP contribution in [0.1, 0.15) is 35.4 Å². The Morgan fingerprint density at radius 2 is 2.06 bits per heavy atom. The molecule has 18 heavy (non-hydrogen) atoms. The molecule has 1 saturated carbocycles. The summed E-state index contributed by atoms with van der Waals surface area (Å²) in [6.45, 7) is 0.0276. The van der Waals surface area contributed by atoms with Crippen molar-refractivity contribution in [3.63, 3.8) is 0 Å². The topological polar surface area (TPSA) is 49.3 Å². The number of thiophene rings is 1. The summed E-state index contributed by atoms with van der Waals surface area (Å²) >= 11 is 1.30. The first-order chi connectivity index (χ1) is 8.40. The number of alkyl halides is 2. The van der Waals surface area contributed by atoms with Crippen LogP contribution in [0.5, 0.6) is 0 Å². The predicted molar refractivity (Wildman–Crippen MR) is 65.0 cm³/mol. The molecular weight excluding hydrogens is 260 g/mol. The molecule has 0 radical (unpaired) electrons. The Hall–Kier alpha value is -1.01. The van der Waals surface area contributed by atoms with Crippen molar-refractivity contribution in [1.82, 2.24) is 5.32 Å². The Labute approximate surface area is 108 Å². The second-order valence-electron chi connectivity index (χ2n) is 4.74. The van der Waals surface area contributed by atoms with E-state index in [0.29, 0.717) is 4.88 Å². The van der Waals surface area contributed by atoms with E-state index in [1.165, 1.54) is 11.3 Å². The van der Waals surface area contributed by atoms with Gasteiger partial charge in [0.25, 0.3) is 5.91 Å². The molecule has 0 bridgehead atoms. The normalized spacial score (nSPS) is 21.5. The summed E-state index contributed by atoms with van der Waals surface area (Å²) in [5, 5.41) is 14.5. The third-order valence-electron chi connectivity index (χ3n) is 3.24. The average Bonchev–Trinajstić information content (AvgIpc) is 2.85.